The average Bonchev–Trinajstić information content (AvgIpc) is 2.07. The van der Waals surface area contributed by atoms with Gasteiger partial charge in [-0.2, -0.15) is 5.26 Å². The highest BCUT2D eigenvalue weighted by atomic mass is 32.2. The number of nitrogens with zero attached hydrogens (tertiary/aromatic N) is 1. The van der Waals surface area contributed by atoms with E-state index in [9.17, 15) is 0 Å². The lowest BCUT2D eigenvalue weighted by Gasteiger charge is -1.95. The number of benzene rings is 1. The third-order valence-electron chi connectivity index (χ3n) is 1.16. The minimum Gasteiger partial charge on any atom is -0.314 e. The lowest BCUT2D eigenvalue weighted by atomic mass is 10.2. The first-order valence-corrected chi connectivity index (χ1v) is 3.82. The summed E-state index contributed by atoms with van der Waals surface area (Å²) in [7, 11) is 1.61. The van der Waals surface area contributed by atoms with Crippen LogP contribution in [0, 0.1) is 11.3 Å². The number of hydrogen-bond donors (Lipinski definition) is 0. The van der Waals surface area contributed by atoms with E-state index in [1.54, 1.807) is 19.2 Å². The number of rotatable bonds is 2. The van der Waals surface area contributed by atoms with Gasteiger partial charge in [-0.3, -0.25) is 0 Å². The van der Waals surface area contributed by atoms with Gasteiger partial charge in [-0.05, 0) is 24.3 Å². The summed E-state index contributed by atoms with van der Waals surface area (Å²) in [5, 5.41) is 8.47. The van der Waals surface area contributed by atoms with E-state index < -0.39 is 0 Å². The van der Waals surface area contributed by atoms with Crippen LogP contribution in [0.1, 0.15) is 5.56 Å². The van der Waals surface area contributed by atoms with Crippen LogP contribution in [0.15, 0.2) is 29.2 Å². The summed E-state index contributed by atoms with van der Waals surface area (Å²) in [4.78, 5) is 1.01. The number of nitriles is 1. The maximum Gasteiger partial charge on any atom is 0.0991 e. The Morgan fingerprint density at radius 1 is 1.36 bits per heavy atom. The van der Waals surface area contributed by atoms with Crippen LogP contribution in [0.4, 0.5) is 0 Å². The third kappa shape index (κ3) is 2.26. The predicted octanol–water partition coefficient (Wildman–Crippen LogP) is 2.21. The van der Waals surface area contributed by atoms with Crippen LogP contribution in [0.3, 0.4) is 0 Å². The Bertz CT molecular complexity index is 262. The second-order valence-corrected chi connectivity index (χ2v) is 2.86. The zero-order valence-corrected chi connectivity index (χ0v) is 6.89. The molecule has 0 atom stereocenters. The summed E-state index contributed by atoms with van der Waals surface area (Å²) in [5.41, 5.74) is 0.672. The van der Waals surface area contributed by atoms with Gasteiger partial charge in [0.1, 0.15) is 0 Å². The highest BCUT2D eigenvalue weighted by molar-refractivity contribution is 7.94. The predicted molar refractivity (Wildman–Crippen MR) is 44.0 cm³/mol. The first-order valence-electron chi connectivity index (χ1n) is 3.07. The van der Waals surface area contributed by atoms with E-state index in [0.717, 1.165) is 4.90 Å². The molecule has 1 aromatic rings. The molecule has 0 aromatic heterocycles. The van der Waals surface area contributed by atoms with Crippen molar-refractivity contribution < 1.29 is 4.18 Å². The van der Waals surface area contributed by atoms with Gasteiger partial charge in [0.25, 0.3) is 0 Å². The Labute approximate surface area is 70.0 Å². The molecular formula is C8H7NOS. The Balaban J connectivity index is 2.76. The second-order valence-electron chi connectivity index (χ2n) is 1.89. The van der Waals surface area contributed by atoms with Gasteiger partial charge in [-0.15, -0.1) is 0 Å². The zero-order chi connectivity index (χ0) is 8.10. The quantitative estimate of drug-likeness (QED) is 0.630. The fourth-order valence-electron chi connectivity index (χ4n) is 0.681. The van der Waals surface area contributed by atoms with Gasteiger partial charge < -0.3 is 4.18 Å². The molecule has 0 heterocycles. The van der Waals surface area contributed by atoms with Gasteiger partial charge in [0.15, 0.2) is 0 Å². The monoisotopic (exact) mass is 165 g/mol. The van der Waals surface area contributed by atoms with E-state index in [0.29, 0.717) is 5.56 Å². The Morgan fingerprint density at radius 3 is 2.45 bits per heavy atom. The summed E-state index contributed by atoms with van der Waals surface area (Å²) in [6, 6.07) is 9.28. The van der Waals surface area contributed by atoms with Crippen LogP contribution in [0.5, 0.6) is 0 Å². The van der Waals surface area contributed by atoms with Gasteiger partial charge in [0.05, 0.1) is 18.7 Å². The first-order chi connectivity index (χ1) is 5.36. The van der Waals surface area contributed by atoms with Crippen molar-refractivity contribution in [2.45, 2.75) is 4.90 Å². The lowest BCUT2D eigenvalue weighted by molar-refractivity contribution is 0.490. The summed E-state index contributed by atoms with van der Waals surface area (Å²) in [5.74, 6) is 0. The molecule has 0 aliphatic carbocycles. The minimum atomic E-state index is 0.672. The molecule has 0 radical (unpaired) electrons. The molecule has 0 bridgehead atoms. The molecule has 0 spiro atoms. The van der Waals surface area contributed by atoms with Crippen LogP contribution in [0.25, 0.3) is 0 Å². The van der Waals surface area contributed by atoms with Crippen molar-refractivity contribution in [3.63, 3.8) is 0 Å². The topological polar surface area (TPSA) is 33.0 Å². The smallest absolute Gasteiger partial charge is 0.0991 e. The third-order valence-corrected chi connectivity index (χ3v) is 1.79. The van der Waals surface area contributed by atoms with Crippen LogP contribution >= 0.6 is 12.0 Å². The SMILES string of the molecule is COSc1ccc(C#N)cc1. The standard InChI is InChI=1S/C8H7NOS/c1-10-11-8-4-2-7(6-9)3-5-8/h2-5H,1H3. The lowest BCUT2D eigenvalue weighted by Crippen LogP contribution is -1.74. The van der Waals surface area contributed by atoms with Crippen LogP contribution < -0.4 is 0 Å². The van der Waals surface area contributed by atoms with Gasteiger partial charge in [0, 0.05) is 16.9 Å². The molecule has 1 aromatic carbocycles. The molecule has 0 amide bonds. The molecule has 56 valence electrons. The molecular weight excluding hydrogens is 158 g/mol. The molecule has 0 aliphatic heterocycles. The minimum absolute atomic E-state index is 0.672. The van der Waals surface area contributed by atoms with Crippen molar-refractivity contribution in [2.24, 2.45) is 0 Å². The largest absolute Gasteiger partial charge is 0.314 e. The second kappa shape index (κ2) is 4.02. The Morgan fingerprint density at radius 2 is 2.00 bits per heavy atom. The molecule has 0 saturated heterocycles. The van der Waals surface area contributed by atoms with Crippen molar-refractivity contribution in [1.82, 2.24) is 0 Å². The van der Waals surface area contributed by atoms with E-state index in [4.69, 9.17) is 9.44 Å². The van der Waals surface area contributed by atoms with Gasteiger partial charge >= 0.3 is 0 Å². The summed E-state index contributed by atoms with van der Waals surface area (Å²) in [6.45, 7) is 0. The van der Waals surface area contributed by atoms with Crippen molar-refractivity contribution in [3.05, 3.63) is 29.8 Å². The normalized spacial score (nSPS) is 9.09. The molecule has 0 saturated carbocycles. The molecule has 0 N–H and O–H groups in total. The summed E-state index contributed by atoms with van der Waals surface area (Å²) in [6.07, 6.45) is 0. The molecule has 3 heteroatoms. The zero-order valence-electron chi connectivity index (χ0n) is 6.07. The van der Waals surface area contributed by atoms with Crippen LogP contribution in [-0.2, 0) is 4.18 Å². The van der Waals surface area contributed by atoms with Gasteiger partial charge in [0.2, 0.25) is 0 Å². The van der Waals surface area contributed by atoms with E-state index in [1.165, 1.54) is 12.0 Å². The van der Waals surface area contributed by atoms with Crippen LogP contribution in [-0.4, -0.2) is 7.11 Å². The summed E-state index contributed by atoms with van der Waals surface area (Å²) >= 11 is 1.29. The molecule has 0 fully saturated rings. The van der Waals surface area contributed by atoms with Crippen LogP contribution in [0.2, 0.25) is 0 Å². The van der Waals surface area contributed by atoms with Crippen molar-refractivity contribution in [1.29, 1.82) is 5.26 Å². The molecule has 11 heavy (non-hydrogen) atoms. The van der Waals surface area contributed by atoms with Crippen molar-refractivity contribution in [3.8, 4) is 6.07 Å². The first kappa shape index (κ1) is 8.12. The fourth-order valence-corrected chi connectivity index (χ4v) is 1.12. The van der Waals surface area contributed by atoms with Crippen molar-refractivity contribution in [2.75, 3.05) is 7.11 Å². The molecule has 0 unspecified atom stereocenters. The Kier molecular flexibility index (Phi) is 2.96. The van der Waals surface area contributed by atoms with E-state index in [2.05, 4.69) is 0 Å². The maximum atomic E-state index is 8.47. The van der Waals surface area contributed by atoms with Gasteiger partial charge in [-0.25, -0.2) is 0 Å². The molecule has 2 nitrogen and oxygen atoms in total. The van der Waals surface area contributed by atoms with E-state index in [-0.39, 0.29) is 0 Å². The Hall–Kier alpha value is -0.980. The summed E-state index contributed by atoms with van der Waals surface area (Å²) < 4.78 is 4.84. The van der Waals surface area contributed by atoms with Crippen molar-refractivity contribution >= 4 is 12.0 Å². The highest BCUT2D eigenvalue weighted by Gasteiger charge is 1.92. The van der Waals surface area contributed by atoms with Gasteiger partial charge in [-0.1, -0.05) is 0 Å². The molecule has 1 rings (SSSR count). The average molecular weight is 165 g/mol. The fraction of sp³-hybridized carbons (Fsp3) is 0.125. The van der Waals surface area contributed by atoms with E-state index >= 15 is 0 Å². The highest BCUT2D eigenvalue weighted by Crippen LogP contribution is 2.17. The maximum absolute atomic E-state index is 8.47. The van der Waals surface area contributed by atoms with E-state index in [1.807, 2.05) is 18.2 Å². The molecule has 0 aliphatic rings. The number of hydrogen-bond acceptors (Lipinski definition) is 3.